The number of hydrogen-bond donors (Lipinski definition) is 1. The zero-order valence-electron chi connectivity index (χ0n) is 8.70. The van der Waals surface area contributed by atoms with Crippen LogP contribution in [0.25, 0.3) is 0 Å². The van der Waals surface area contributed by atoms with Crippen LogP contribution in [0.4, 0.5) is 0 Å². The van der Waals surface area contributed by atoms with E-state index in [-0.39, 0.29) is 6.10 Å². The Morgan fingerprint density at radius 2 is 2.31 bits per heavy atom. The SMILES string of the molecule is CC[C@@H]1CN(CCOC)CC[C@H]1O. The second kappa shape index (κ2) is 5.58. The third kappa shape index (κ3) is 3.25. The van der Waals surface area contributed by atoms with E-state index in [1.165, 1.54) is 0 Å². The summed E-state index contributed by atoms with van der Waals surface area (Å²) in [6.07, 6.45) is 1.91. The van der Waals surface area contributed by atoms with Crippen LogP contribution in [0.3, 0.4) is 0 Å². The maximum Gasteiger partial charge on any atom is 0.0592 e. The molecule has 1 heterocycles. The molecule has 13 heavy (non-hydrogen) atoms. The van der Waals surface area contributed by atoms with Gasteiger partial charge in [0.2, 0.25) is 0 Å². The van der Waals surface area contributed by atoms with Gasteiger partial charge in [-0.3, -0.25) is 0 Å². The number of rotatable bonds is 4. The lowest BCUT2D eigenvalue weighted by Gasteiger charge is -2.35. The number of piperidine rings is 1. The average molecular weight is 187 g/mol. The fraction of sp³-hybridized carbons (Fsp3) is 1.00. The first kappa shape index (κ1) is 11.0. The molecule has 0 saturated carbocycles. The zero-order valence-corrected chi connectivity index (χ0v) is 8.70. The van der Waals surface area contributed by atoms with E-state index in [0.29, 0.717) is 5.92 Å². The van der Waals surface area contributed by atoms with Crippen molar-refractivity contribution in [1.29, 1.82) is 0 Å². The largest absolute Gasteiger partial charge is 0.393 e. The van der Waals surface area contributed by atoms with Crippen molar-refractivity contribution >= 4 is 0 Å². The first-order valence-corrected chi connectivity index (χ1v) is 5.17. The van der Waals surface area contributed by atoms with Crippen molar-refractivity contribution in [3.8, 4) is 0 Å². The second-order valence-corrected chi connectivity index (χ2v) is 3.82. The highest BCUT2D eigenvalue weighted by molar-refractivity contribution is 4.78. The van der Waals surface area contributed by atoms with Crippen LogP contribution in [-0.4, -0.2) is 49.5 Å². The molecule has 0 aromatic heterocycles. The summed E-state index contributed by atoms with van der Waals surface area (Å²) in [6, 6.07) is 0. The number of ether oxygens (including phenoxy) is 1. The minimum absolute atomic E-state index is 0.0798. The molecule has 0 spiro atoms. The molecule has 1 rings (SSSR count). The molecule has 1 aliphatic heterocycles. The van der Waals surface area contributed by atoms with Gasteiger partial charge in [0.25, 0.3) is 0 Å². The van der Waals surface area contributed by atoms with E-state index in [2.05, 4.69) is 11.8 Å². The molecule has 3 heteroatoms. The third-order valence-electron chi connectivity index (χ3n) is 2.91. The van der Waals surface area contributed by atoms with Gasteiger partial charge in [-0.05, 0) is 18.8 Å². The Morgan fingerprint density at radius 3 is 2.92 bits per heavy atom. The van der Waals surface area contributed by atoms with Crippen LogP contribution in [0.5, 0.6) is 0 Å². The van der Waals surface area contributed by atoms with Gasteiger partial charge in [-0.1, -0.05) is 6.92 Å². The van der Waals surface area contributed by atoms with Crippen molar-refractivity contribution in [1.82, 2.24) is 4.90 Å². The van der Waals surface area contributed by atoms with Crippen molar-refractivity contribution in [2.45, 2.75) is 25.9 Å². The van der Waals surface area contributed by atoms with Gasteiger partial charge in [-0.25, -0.2) is 0 Å². The molecule has 2 atom stereocenters. The molecule has 78 valence electrons. The molecule has 1 saturated heterocycles. The summed E-state index contributed by atoms with van der Waals surface area (Å²) in [5, 5.41) is 9.65. The highest BCUT2D eigenvalue weighted by Crippen LogP contribution is 2.19. The Labute approximate surface area is 80.7 Å². The van der Waals surface area contributed by atoms with Crippen LogP contribution in [0.2, 0.25) is 0 Å². The van der Waals surface area contributed by atoms with E-state index in [4.69, 9.17) is 4.74 Å². The summed E-state index contributed by atoms with van der Waals surface area (Å²) in [5.74, 6) is 0.464. The van der Waals surface area contributed by atoms with Crippen molar-refractivity contribution in [2.24, 2.45) is 5.92 Å². The normalized spacial score (nSPS) is 30.7. The van der Waals surface area contributed by atoms with Crippen LogP contribution in [0, 0.1) is 5.92 Å². The molecule has 0 unspecified atom stereocenters. The van der Waals surface area contributed by atoms with Gasteiger partial charge in [0.1, 0.15) is 0 Å². The highest BCUT2D eigenvalue weighted by Gasteiger charge is 2.25. The van der Waals surface area contributed by atoms with Gasteiger partial charge in [-0.2, -0.15) is 0 Å². The Bertz CT molecular complexity index is 139. The van der Waals surface area contributed by atoms with Gasteiger partial charge in [-0.15, -0.1) is 0 Å². The molecule has 0 aromatic rings. The van der Waals surface area contributed by atoms with E-state index in [1.54, 1.807) is 7.11 Å². The van der Waals surface area contributed by atoms with E-state index < -0.39 is 0 Å². The van der Waals surface area contributed by atoms with Gasteiger partial charge >= 0.3 is 0 Å². The maximum atomic E-state index is 9.65. The Kier molecular flexibility index (Phi) is 4.70. The summed E-state index contributed by atoms with van der Waals surface area (Å²) in [6.45, 7) is 5.99. The Hall–Kier alpha value is -0.120. The number of aliphatic hydroxyl groups excluding tert-OH is 1. The van der Waals surface area contributed by atoms with Crippen molar-refractivity contribution in [3.63, 3.8) is 0 Å². The number of methoxy groups -OCH3 is 1. The maximum absolute atomic E-state index is 9.65. The quantitative estimate of drug-likeness (QED) is 0.704. The van der Waals surface area contributed by atoms with Crippen molar-refractivity contribution < 1.29 is 9.84 Å². The van der Waals surface area contributed by atoms with Gasteiger partial charge in [0, 0.05) is 26.7 Å². The molecule has 1 N–H and O–H groups in total. The summed E-state index contributed by atoms with van der Waals surface area (Å²) >= 11 is 0. The van der Waals surface area contributed by atoms with Crippen LogP contribution in [0.15, 0.2) is 0 Å². The zero-order chi connectivity index (χ0) is 9.68. The van der Waals surface area contributed by atoms with Gasteiger partial charge in [0.15, 0.2) is 0 Å². The summed E-state index contributed by atoms with van der Waals surface area (Å²) < 4.78 is 5.04. The summed E-state index contributed by atoms with van der Waals surface area (Å²) in [5.41, 5.74) is 0. The number of likely N-dealkylation sites (tertiary alicyclic amines) is 1. The molecule has 0 bridgehead atoms. The minimum atomic E-state index is -0.0798. The summed E-state index contributed by atoms with van der Waals surface area (Å²) in [7, 11) is 1.73. The van der Waals surface area contributed by atoms with Gasteiger partial charge < -0.3 is 14.7 Å². The standard InChI is InChI=1S/C10H21NO2/c1-3-9-8-11(6-7-13-2)5-4-10(9)12/h9-10,12H,3-8H2,1-2H3/t9-,10-/m1/s1. The molecule has 0 aliphatic carbocycles. The van der Waals surface area contributed by atoms with Crippen molar-refractivity contribution in [3.05, 3.63) is 0 Å². The topological polar surface area (TPSA) is 32.7 Å². The fourth-order valence-corrected chi connectivity index (χ4v) is 1.92. The van der Waals surface area contributed by atoms with Crippen LogP contribution in [-0.2, 0) is 4.74 Å². The number of hydrogen-bond acceptors (Lipinski definition) is 3. The summed E-state index contributed by atoms with van der Waals surface area (Å²) in [4.78, 5) is 2.38. The second-order valence-electron chi connectivity index (χ2n) is 3.82. The molecule has 3 nitrogen and oxygen atoms in total. The molecule has 1 fully saturated rings. The number of aliphatic hydroxyl groups is 1. The monoisotopic (exact) mass is 187 g/mol. The average Bonchev–Trinajstić information content (AvgIpc) is 2.16. The third-order valence-corrected chi connectivity index (χ3v) is 2.91. The smallest absolute Gasteiger partial charge is 0.0592 e. The Morgan fingerprint density at radius 1 is 1.54 bits per heavy atom. The van der Waals surface area contributed by atoms with Crippen LogP contribution >= 0.6 is 0 Å². The lowest BCUT2D eigenvalue weighted by Crippen LogP contribution is -2.44. The van der Waals surface area contributed by atoms with Crippen LogP contribution < -0.4 is 0 Å². The fourth-order valence-electron chi connectivity index (χ4n) is 1.92. The minimum Gasteiger partial charge on any atom is -0.393 e. The van der Waals surface area contributed by atoms with Gasteiger partial charge in [0.05, 0.1) is 12.7 Å². The molecule has 0 amide bonds. The molecular formula is C10H21NO2. The molecule has 1 aliphatic rings. The van der Waals surface area contributed by atoms with E-state index in [9.17, 15) is 5.11 Å². The first-order chi connectivity index (χ1) is 6.27. The Balaban J connectivity index is 2.27. The lowest BCUT2D eigenvalue weighted by atomic mass is 9.92. The van der Waals surface area contributed by atoms with Crippen LogP contribution in [0.1, 0.15) is 19.8 Å². The van der Waals surface area contributed by atoms with Crippen molar-refractivity contribution in [2.75, 3.05) is 33.4 Å². The lowest BCUT2D eigenvalue weighted by molar-refractivity contribution is 0.0165. The number of nitrogens with zero attached hydrogens (tertiary/aromatic N) is 1. The van der Waals surface area contributed by atoms with E-state index in [1.807, 2.05) is 0 Å². The van der Waals surface area contributed by atoms with E-state index >= 15 is 0 Å². The molecule has 0 aromatic carbocycles. The molecule has 0 radical (unpaired) electrons. The molecular weight excluding hydrogens is 166 g/mol. The first-order valence-electron chi connectivity index (χ1n) is 5.17. The predicted molar refractivity (Wildman–Crippen MR) is 52.7 cm³/mol. The highest BCUT2D eigenvalue weighted by atomic mass is 16.5. The van der Waals surface area contributed by atoms with E-state index in [0.717, 1.165) is 39.1 Å². The predicted octanol–water partition coefficient (Wildman–Crippen LogP) is 0.726.